The minimum atomic E-state index is 0. The first-order valence-corrected chi connectivity index (χ1v) is 9.71. The van der Waals surface area contributed by atoms with Gasteiger partial charge in [-0.05, 0) is 63.7 Å². The lowest BCUT2D eigenvalue weighted by Crippen LogP contribution is -2.38. The zero-order valence-electron chi connectivity index (χ0n) is 15.3. The largest absolute Gasteiger partial charge is 0.356 e. The van der Waals surface area contributed by atoms with Crippen LogP contribution in [-0.4, -0.2) is 44.1 Å². The maximum Gasteiger partial charge on any atom is 0.191 e. The zero-order valence-corrected chi connectivity index (χ0v) is 18.5. The molecule has 0 amide bonds. The molecule has 24 heavy (non-hydrogen) atoms. The topological polar surface area (TPSA) is 39.7 Å². The van der Waals surface area contributed by atoms with Crippen molar-refractivity contribution in [1.29, 1.82) is 0 Å². The predicted molar refractivity (Wildman–Crippen MR) is 117 cm³/mol. The second-order valence-corrected chi connectivity index (χ2v) is 7.99. The second-order valence-electron chi connectivity index (χ2n) is 6.62. The van der Waals surface area contributed by atoms with E-state index in [0.29, 0.717) is 0 Å². The molecule has 0 spiro atoms. The summed E-state index contributed by atoms with van der Waals surface area (Å²) in [5.41, 5.74) is 0. The van der Waals surface area contributed by atoms with Crippen molar-refractivity contribution in [2.45, 2.75) is 46.1 Å². The van der Waals surface area contributed by atoms with Crippen molar-refractivity contribution in [1.82, 2.24) is 15.5 Å². The molecule has 138 valence electrons. The highest BCUT2D eigenvalue weighted by molar-refractivity contribution is 14.0. The summed E-state index contributed by atoms with van der Waals surface area (Å²) in [5, 5.41) is 6.80. The third kappa shape index (κ3) is 8.16. The van der Waals surface area contributed by atoms with E-state index in [4.69, 9.17) is 0 Å². The zero-order chi connectivity index (χ0) is 16.5. The Morgan fingerprint density at radius 3 is 2.83 bits per heavy atom. The van der Waals surface area contributed by atoms with Gasteiger partial charge in [0.15, 0.2) is 5.96 Å². The van der Waals surface area contributed by atoms with E-state index in [2.05, 4.69) is 46.5 Å². The van der Waals surface area contributed by atoms with E-state index < -0.39 is 0 Å². The molecule has 1 atom stereocenters. The van der Waals surface area contributed by atoms with Gasteiger partial charge in [-0.25, -0.2) is 0 Å². The molecule has 1 fully saturated rings. The van der Waals surface area contributed by atoms with Gasteiger partial charge in [-0.2, -0.15) is 0 Å². The van der Waals surface area contributed by atoms with Crippen LogP contribution in [0.15, 0.2) is 17.1 Å². The summed E-state index contributed by atoms with van der Waals surface area (Å²) in [5.74, 6) is 1.79. The fourth-order valence-corrected chi connectivity index (χ4v) is 3.96. The van der Waals surface area contributed by atoms with E-state index in [-0.39, 0.29) is 24.0 Å². The Balaban J connectivity index is 0.00000288. The van der Waals surface area contributed by atoms with Crippen LogP contribution in [0.3, 0.4) is 0 Å². The van der Waals surface area contributed by atoms with Crippen LogP contribution in [0.25, 0.3) is 0 Å². The van der Waals surface area contributed by atoms with Gasteiger partial charge < -0.3 is 15.5 Å². The molecule has 0 saturated carbocycles. The van der Waals surface area contributed by atoms with Crippen LogP contribution in [0.2, 0.25) is 0 Å². The fraction of sp³-hybridized carbons (Fsp3) is 0.722. The molecule has 1 unspecified atom stereocenters. The molecule has 0 aromatic carbocycles. The number of likely N-dealkylation sites (tertiary alicyclic amines) is 1. The Kier molecular flexibility index (Phi) is 10.9. The van der Waals surface area contributed by atoms with Gasteiger partial charge in [-0.15, -0.1) is 35.3 Å². The maximum absolute atomic E-state index is 4.30. The Morgan fingerprint density at radius 2 is 2.17 bits per heavy atom. The summed E-state index contributed by atoms with van der Waals surface area (Å²) >= 11 is 1.84. The van der Waals surface area contributed by atoms with E-state index in [1.807, 2.05) is 18.4 Å². The lowest BCUT2D eigenvalue weighted by molar-refractivity contribution is 0.181. The molecular weight excluding hydrogens is 431 g/mol. The van der Waals surface area contributed by atoms with Crippen LogP contribution in [0.4, 0.5) is 0 Å². The van der Waals surface area contributed by atoms with Gasteiger partial charge in [0, 0.05) is 29.9 Å². The van der Waals surface area contributed by atoms with Crippen molar-refractivity contribution in [2.75, 3.05) is 33.2 Å². The highest BCUT2D eigenvalue weighted by Crippen LogP contribution is 2.15. The molecule has 2 rings (SSSR count). The summed E-state index contributed by atoms with van der Waals surface area (Å²) in [4.78, 5) is 9.63. The van der Waals surface area contributed by atoms with Gasteiger partial charge in [0.1, 0.15) is 0 Å². The van der Waals surface area contributed by atoms with Crippen molar-refractivity contribution in [2.24, 2.45) is 10.9 Å². The summed E-state index contributed by atoms with van der Waals surface area (Å²) < 4.78 is 0. The normalized spacial score (nSPS) is 19.0. The minimum Gasteiger partial charge on any atom is -0.356 e. The molecule has 1 aliphatic heterocycles. The van der Waals surface area contributed by atoms with Crippen molar-refractivity contribution in [3.8, 4) is 0 Å². The average Bonchev–Trinajstić information content (AvgIpc) is 2.95. The molecule has 1 aromatic heterocycles. The molecule has 6 heteroatoms. The van der Waals surface area contributed by atoms with E-state index in [0.717, 1.165) is 25.0 Å². The number of aliphatic imine (C=N–C) groups is 1. The summed E-state index contributed by atoms with van der Waals surface area (Å²) in [6.45, 7) is 10.2. The van der Waals surface area contributed by atoms with Crippen molar-refractivity contribution < 1.29 is 0 Å². The number of halogens is 1. The minimum absolute atomic E-state index is 0. The Hall–Kier alpha value is -0.340. The Labute approximate surface area is 168 Å². The number of rotatable bonds is 7. The van der Waals surface area contributed by atoms with Crippen molar-refractivity contribution in [3.05, 3.63) is 21.9 Å². The first-order chi connectivity index (χ1) is 11.2. The first kappa shape index (κ1) is 21.7. The highest BCUT2D eigenvalue weighted by Gasteiger charge is 2.15. The quantitative estimate of drug-likeness (QED) is 0.279. The summed E-state index contributed by atoms with van der Waals surface area (Å²) in [6.07, 6.45) is 5.24. The predicted octanol–water partition coefficient (Wildman–Crippen LogP) is 3.85. The monoisotopic (exact) mass is 464 g/mol. The molecule has 4 nitrogen and oxygen atoms in total. The highest BCUT2D eigenvalue weighted by atomic mass is 127. The summed E-state index contributed by atoms with van der Waals surface area (Å²) in [6, 6.07) is 4.35. The second kappa shape index (κ2) is 12.1. The molecular formula is C18H33IN4S. The number of thiophene rings is 1. The third-order valence-electron chi connectivity index (χ3n) is 4.38. The number of hydrogen-bond donors (Lipinski definition) is 2. The van der Waals surface area contributed by atoms with Crippen LogP contribution < -0.4 is 10.6 Å². The lowest BCUT2D eigenvalue weighted by atomic mass is 10.0. The van der Waals surface area contributed by atoms with E-state index in [9.17, 15) is 0 Å². The molecule has 0 bridgehead atoms. The van der Waals surface area contributed by atoms with Gasteiger partial charge in [-0.3, -0.25) is 4.99 Å². The van der Waals surface area contributed by atoms with Gasteiger partial charge in [-0.1, -0.05) is 6.92 Å². The van der Waals surface area contributed by atoms with Crippen LogP contribution in [-0.2, 0) is 6.54 Å². The number of hydrogen-bond acceptors (Lipinski definition) is 3. The van der Waals surface area contributed by atoms with Crippen molar-refractivity contribution in [3.63, 3.8) is 0 Å². The van der Waals surface area contributed by atoms with E-state index in [1.165, 1.54) is 55.1 Å². The van der Waals surface area contributed by atoms with E-state index in [1.54, 1.807) is 0 Å². The maximum atomic E-state index is 4.30. The van der Waals surface area contributed by atoms with Crippen LogP contribution in [0.5, 0.6) is 0 Å². The van der Waals surface area contributed by atoms with Gasteiger partial charge in [0.25, 0.3) is 0 Å². The average molecular weight is 464 g/mol. The first-order valence-electron chi connectivity index (χ1n) is 8.89. The lowest BCUT2D eigenvalue weighted by Gasteiger charge is -2.30. The number of nitrogens with zero attached hydrogens (tertiary/aromatic N) is 2. The van der Waals surface area contributed by atoms with Crippen LogP contribution in [0, 0.1) is 12.8 Å². The molecule has 2 heterocycles. The number of unbranched alkanes of at least 4 members (excludes halogenated alkanes) is 1. The Bertz CT molecular complexity index is 489. The fourth-order valence-electron chi connectivity index (χ4n) is 3.13. The van der Waals surface area contributed by atoms with Crippen molar-refractivity contribution >= 4 is 41.3 Å². The Morgan fingerprint density at radius 1 is 1.33 bits per heavy atom. The summed E-state index contributed by atoms with van der Waals surface area (Å²) in [7, 11) is 1.84. The number of nitrogens with one attached hydrogen (secondary N) is 2. The molecule has 1 aliphatic rings. The van der Waals surface area contributed by atoms with Gasteiger partial charge in [0.05, 0.1) is 6.54 Å². The molecule has 0 aliphatic carbocycles. The standard InChI is InChI=1S/C18H32N4S.HI/c1-15-7-6-12-22(14-15)11-5-4-10-20-18(19-3)21-13-17-9-8-16(2)23-17;/h8-9,15H,4-7,10-14H2,1-3H3,(H2,19,20,21);1H. The van der Waals surface area contributed by atoms with Gasteiger partial charge >= 0.3 is 0 Å². The molecule has 0 radical (unpaired) electrons. The number of aryl methyl sites for hydroxylation is 1. The SMILES string of the molecule is CN=C(NCCCCN1CCCC(C)C1)NCc1ccc(C)s1.I. The molecule has 1 saturated heterocycles. The van der Waals surface area contributed by atoms with Crippen LogP contribution >= 0.6 is 35.3 Å². The van der Waals surface area contributed by atoms with Crippen LogP contribution in [0.1, 0.15) is 42.4 Å². The molecule has 1 aromatic rings. The number of guanidine groups is 1. The molecule has 2 N–H and O–H groups in total. The van der Waals surface area contributed by atoms with E-state index >= 15 is 0 Å². The number of piperidine rings is 1. The smallest absolute Gasteiger partial charge is 0.191 e. The third-order valence-corrected chi connectivity index (χ3v) is 5.39. The van der Waals surface area contributed by atoms with Gasteiger partial charge in [0.2, 0.25) is 0 Å².